The molecule has 0 spiro atoms. The standard InChI is InChI=1S/C17H30O/c1-11-9-12(5-6-15(11)18)14-10-13-7-8-17(14,4)16(13,2)3/h11-15,18H,5-10H2,1-4H3. The quantitative estimate of drug-likeness (QED) is 0.738. The van der Waals surface area contributed by atoms with E-state index in [9.17, 15) is 5.11 Å². The lowest BCUT2D eigenvalue weighted by atomic mass is 9.60. The van der Waals surface area contributed by atoms with Crippen LogP contribution in [0.5, 0.6) is 0 Å². The Labute approximate surface area is 112 Å². The lowest BCUT2D eigenvalue weighted by Gasteiger charge is -2.45. The molecule has 2 bridgehead atoms. The molecular formula is C17H30O. The van der Waals surface area contributed by atoms with Crippen LogP contribution in [0.2, 0.25) is 0 Å². The maximum Gasteiger partial charge on any atom is 0.0566 e. The van der Waals surface area contributed by atoms with E-state index < -0.39 is 0 Å². The van der Waals surface area contributed by atoms with E-state index in [1.807, 2.05) is 0 Å². The number of rotatable bonds is 1. The molecule has 104 valence electrons. The highest BCUT2D eigenvalue weighted by Crippen LogP contribution is 2.70. The zero-order valence-corrected chi connectivity index (χ0v) is 12.6. The van der Waals surface area contributed by atoms with Crippen LogP contribution in [-0.2, 0) is 0 Å². The summed E-state index contributed by atoms with van der Waals surface area (Å²) in [7, 11) is 0. The fourth-order valence-electron chi connectivity index (χ4n) is 5.77. The average molecular weight is 250 g/mol. The summed E-state index contributed by atoms with van der Waals surface area (Å²) in [6.45, 7) is 9.86. The van der Waals surface area contributed by atoms with Gasteiger partial charge in [0.05, 0.1) is 6.10 Å². The first kappa shape index (κ1) is 13.0. The van der Waals surface area contributed by atoms with Crippen LogP contribution in [0.1, 0.15) is 66.2 Å². The Morgan fingerprint density at radius 2 is 1.72 bits per heavy atom. The molecule has 0 aromatic carbocycles. The molecule has 3 saturated carbocycles. The van der Waals surface area contributed by atoms with E-state index in [1.54, 1.807) is 0 Å². The summed E-state index contributed by atoms with van der Waals surface area (Å²) < 4.78 is 0. The van der Waals surface area contributed by atoms with Gasteiger partial charge < -0.3 is 5.11 Å². The van der Waals surface area contributed by atoms with Crippen LogP contribution in [0.4, 0.5) is 0 Å². The molecule has 3 rings (SSSR count). The van der Waals surface area contributed by atoms with Gasteiger partial charge in [-0.25, -0.2) is 0 Å². The molecule has 3 fully saturated rings. The minimum atomic E-state index is -0.0272. The minimum absolute atomic E-state index is 0.0272. The molecule has 0 aromatic rings. The lowest BCUT2D eigenvalue weighted by molar-refractivity contribution is 0.000634. The van der Waals surface area contributed by atoms with Gasteiger partial charge in [-0.2, -0.15) is 0 Å². The number of fused-ring (bicyclic) bond motifs is 2. The molecule has 1 nitrogen and oxygen atoms in total. The molecule has 1 N–H and O–H groups in total. The van der Waals surface area contributed by atoms with Crippen LogP contribution in [0.3, 0.4) is 0 Å². The fraction of sp³-hybridized carbons (Fsp3) is 1.00. The highest BCUT2D eigenvalue weighted by Gasteiger charge is 2.62. The Hall–Kier alpha value is -0.0400. The molecule has 0 heterocycles. The van der Waals surface area contributed by atoms with E-state index in [1.165, 1.54) is 32.1 Å². The van der Waals surface area contributed by atoms with Crippen molar-refractivity contribution in [2.45, 2.75) is 72.3 Å². The summed E-state index contributed by atoms with van der Waals surface area (Å²) in [4.78, 5) is 0. The second-order valence-electron chi connectivity index (χ2n) is 8.33. The molecule has 0 aromatic heterocycles. The number of hydrogen-bond acceptors (Lipinski definition) is 1. The van der Waals surface area contributed by atoms with Gasteiger partial charge in [-0.05, 0) is 73.0 Å². The molecule has 0 radical (unpaired) electrons. The summed E-state index contributed by atoms with van der Waals surface area (Å²) >= 11 is 0. The molecule has 3 aliphatic rings. The van der Waals surface area contributed by atoms with Gasteiger partial charge in [0, 0.05) is 0 Å². The van der Waals surface area contributed by atoms with Crippen molar-refractivity contribution in [3.63, 3.8) is 0 Å². The fourth-order valence-corrected chi connectivity index (χ4v) is 5.77. The molecule has 6 atom stereocenters. The molecule has 0 saturated heterocycles. The maximum absolute atomic E-state index is 9.94. The Morgan fingerprint density at radius 3 is 2.22 bits per heavy atom. The van der Waals surface area contributed by atoms with Crippen molar-refractivity contribution in [2.75, 3.05) is 0 Å². The number of aliphatic hydroxyl groups excluding tert-OH is 1. The van der Waals surface area contributed by atoms with Crippen LogP contribution >= 0.6 is 0 Å². The molecule has 3 aliphatic carbocycles. The third-order valence-corrected chi connectivity index (χ3v) is 7.60. The van der Waals surface area contributed by atoms with Gasteiger partial charge in [0.1, 0.15) is 0 Å². The van der Waals surface area contributed by atoms with Crippen LogP contribution in [-0.4, -0.2) is 11.2 Å². The van der Waals surface area contributed by atoms with E-state index >= 15 is 0 Å². The van der Waals surface area contributed by atoms with Crippen molar-refractivity contribution in [1.29, 1.82) is 0 Å². The smallest absolute Gasteiger partial charge is 0.0566 e. The molecule has 1 heteroatoms. The third kappa shape index (κ3) is 1.55. The molecule has 6 unspecified atom stereocenters. The van der Waals surface area contributed by atoms with Gasteiger partial charge in [0.15, 0.2) is 0 Å². The maximum atomic E-state index is 9.94. The SMILES string of the molecule is CC1CC(C2CC3CCC2(C)C3(C)C)CCC1O. The predicted molar refractivity (Wildman–Crippen MR) is 75.2 cm³/mol. The van der Waals surface area contributed by atoms with Crippen molar-refractivity contribution in [3.8, 4) is 0 Å². The first-order valence-corrected chi connectivity index (χ1v) is 8.04. The molecule has 0 aliphatic heterocycles. The van der Waals surface area contributed by atoms with Crippen LogP contribution in [0.25, 0.3) is 0 Å². The first-order chi connectivity index (χ1) is 8.36. The summed E-state index contributed by atoms with van der Waals surface area (Å²) in [6, 6.07) is 0. The molecule has 18 heavy (non-hydrogen) atoms. The van der Waals surface area contributed by atoms with Gasteiger partial charge >= 0.3 is 0 Å². The zero-order chi connectivity index (χ0) is 13.1. The minimum Gasteiger partial charge on any atom is -0.393 e. The normalized spacial score (nSPS) is 54.8. The van der Waals surface area contributed by atoms with Gasteiger partial charge in [0.25, 0.3) is 0 Å². The summed E-state index contributed by atoms with van der Waals surface area (Å²) in [5, 5.41) is 9.94. The molecule has 0 amide bonds. The van der Waals surface area contributed by atoms with Gasteiger partial charge in [-0.15, -0.1) is 0 Å². The Balaban J connectivity index is 1.79. The van der Waals surface area contributed by atoms with Crippen LogP contribution in [0.15, 0.2) is 0 Å². The van der Waals surface area contributed by atoms with E-state index in [2.05, 4.69) is 27.7 Å². The highest BCUT2D eigenvalue weighted by molar-refractivity contribution is 5.11. The van der Waals surface area contributed by atoms with Crippen molar-refractivity contribution < 1.29 is 5.11 Å². The van der Waals surface area contributed by atoms with Crippen molar-refractivity contribution >= 4 is 0 Å². The summed E-state index contributed by atoms with van der Waals surface area (Å²) in [5.41, 5.74) is 1.13. The van der Waals surface area contributed by atoms with Gasteiger partial charge in [-0.1, -0.05) is 27.7 Å². The lowest BCUT2D eigenvalue weighted by Crippen LogP contribution is -2.39. The summed E-state index contributed by atoms with van der Waals surface area (Å²) in [5.74, 6) is 3.31. The Morgan fingerprint density at radius 1 is 1.00 bits per heavy atom. The van der Waals surface area contributed by atoms with Gasteiger partial charge in [0.2, 0.25) is 0 Å². The third-order valence-electron chi connectivity index (χ3n) is 7.60. The number of aliphatic hydroxyl groups is 1. The average Bonchev–Trinajstić information content (AvgIpc) is 2.65. The van der Waals surface area contributed by atoms with Gasteiger partial charge in [-0.3, -0.25) is 0 Å². The Kier molecular flexibility index (Phi) is 2.86. The van der Waals surface area contributed by atoms with Crippen LogP contribution in [0, 0.1) is 34.5 Å². The number of hydrogen-bond donors (Lipinski definition) is 1. The zero-order valence-electron chi connectivity index (χ0n) is 12.6. The topological polar surface area (TPSA) is 20.2 Å². The summed E-state index contributed by atoms with van der Waals surface area (Å²) in [6.07, 6.45) is 7.94. The van der Waals surface area contributed by atoms with Crippen molar-refractivity contribution in [3.05, 3.63) is 0 Å². The predicted octanol–water partition coefficient (Wildman–Crippen LogP) is 4.25. The first-order valence-electron chi connectivity index (χ1n) is 8.04. The van der Waals surface area contributed by atoms with Crippen molar-refractivity contribution in [2.24, 2.45) is 34.5 Å². The monoisotopic (exact) mass is 250 g/mol. The largest absolute Gasteiger partial charge is 0.393 e. The van der Waals surface area contributed by atoms with E-state index in [-0.39, 0.29) is 6.10 Å². The molecular weight excluding hydrogens is 220 g/mol. The Bertz CT molecular complexity index is 335. The van der Waals surface area contributed by atoms with Crippen molar-refractivity contribution in [1.82, 2.24) is 0 Å². The van der Waals surface area contributed by atoms with E-state index in [0.717, 1.165) is 24.2 Å². The second-order valence-corrected chi connectivity index (χ2v) is 8.33. The van der Waals surface area contributed by atoms with E-state index in [0.29, 0.717) is 16.7 Å². The second kappa shape index (κ2) is 3.98. The van der Waals surface area contributed by atoms with E-state index in [4.69, 9.17) is 0 Å². The van der Waals surface area contributed by atoms with Crippen LogP contribution < -0.4 is 0 Å². The highest BCUT2D eigenvalue weighted by atomic mass is 16.3.